The summed E-state index contributed by atoms with van der Waals surface area (Å²) in [6.45, 7) is 4.26. The number of ether oxygens (including phenoxy) is 1. The highest BCUT2D eigenvalue weighted by molar-refractivity contribution is 9.09. The fraction of sp³-hybridized carbons (Fsp3) is 0.647. The molecule has 1 aliphatic rings. The maximum atomic E-state index is 5.44. The molecule has 106 valence electrons. The van der Waals surface area contributed by atoms with Gasteiger partial charge in [0.15, 0.2) is 0 Å². The van der Waals surface area contributed by atoms with Crippen LogP contribution in [0.5, 0.6) is 5.75 Å². The van der Waals surface area contributed by atoms with Gasteiger partial charge in [0.1, 0.15) is 5.75 Å². The lowest BCUT2D eigenvalue weighted by atomic mass is 9.96. The van der Waals surface area contributed by atoms with Gasteiger partial charge in [0, 0.05) is 4.83 Å². The SMILES string of the molecule is COc1c(C)cc(C(Br)CCC2CCCC2)cc1C. The van der Waals surface area contributed by atoms with Crippen LogP contribution in [0.3, 0.4) is 0 Å². The van der Waals surface area contributed by atoms with Crippen molar-refractivity contribution in [1.29, 1.82) is 0 Å². The minimum atomic E-state index is 0.483. The van der Waals surface area contributed by atoms with Crippen LogP contribution in [0.15, 0.2) is 12.1 Å². The van der Waals surface area contributed by atoms with E-state index in [1.165, 1.54) is 55.2 Å². The number of benzene rings is 1. The predicted molar refractivity (Wildman–Crippen MR) is 85.3 cm³/mol. The summed E-state index contributed by atoms with van der Waals surface area (Å²) >= 11 is 3.87. The lowest BCUT2D eigenvalue weighted by Gasteiger charge is -2.17. The Kier molecular flexibility index (Phi) is 5.32. The normalized spacial score (nSPS) is 17.7. The van der Waals surface area contributed by atoms with Gasteiger partial charge < -0.3 is 4.74 Å². The molecule has 0 aromatic heterocycles. The van der Waals surface area contributed by atoms with Gasteiger partial charge in [-0.25, -0.2) is 0 Å². The average molecular weight is 325 g/mol. The van der Waals surface area contributed by atoms with E-state index in [9.17, 15) is 0 Å². The van der Waals surface area contributed by atoms with Gasteiger partial charge in [0.25, 0.3) is 0 Å². The fourth-order valence-corrected chi connectivity index (χ4v) is 3.86. The second-order valence-electron chi connectivity index (χ2n) is 5.88. The standard InChI is InChI=1S/C17H25BrO/c1-12-10-15(11-13(2)17(12)19-3)16(18)9-8-14-6-4-5-7-14/h10-11,14,16H,4-9H2,1-3H3. The topological polar surface area (TPSA) is 9.23 Å². The third kappa shape index (κ3) is 3.75. The maximum absolute atomic E-state index is 5.44. The molecular weight excluding hydrogens is 300 g/mol. The summed E-state index contributed by atoms with van der Waals surface area (Å²) in [6.07, 6.45) is 8.38. The molecule has 1 unspecified atom stereocenters. The van der Waals surface area contributed by atoms with E-state index in [1.807, 2.05) is 0 Å². The van der Waals surface area contributed by atoms with E-state index >= 15 is 0 Å². The van der Waals surface area contributed by atoms with Crippen molar-refractivity contribution in [3.63, 3.8) is 0 Å². The Labute approximate surface area is 125 Å². The molecular formula is C17H25BrO. The summed E-state index contributed by atoms with van der Waals surface area (Å²) in [5.74, 6) is 2.00. The van der Waals surface area contributed by atoms with E-state index in [1.54, 1.807) is 7.11 Å². The first-order valence-electron chi connectivity index (χ1n) is 7.41. The first-order valence-corrected chi connectivity index (χ1v) is 8.32. The van der Waals surface area contributed by atoms with Crippen molar-refractivity contribution in [3.8, 4) is 5.75 Å². The Morgan fingerprint density at radius 2 is 1.79 bits per heavy atom. The quantitative estimate of drug-likeness (QED) is 0.629. The second kappa shape index (κ2) is 6.78. The van der Waals surface area contributed by atoms with Gasteiger partial charge in [-0.2, -0.15) is 0 Å². The average Bonchev–Trinajstić information content (AvgIpc) is 2.88. The van der Waals surface area contributed by atoms with Gasteiger partial charge in [0.05, 0.1) is 7.11 Å². The van der Waals surface area contributed by atoms with Gasteiger partial charge in [-0.05, 0) is 49.3 Å². The molecule has 0 aliphatic heterocycles. The number of rotatable bonds is 5. The highest BCUT2D eigenvalue weighted by atomic mass is 79.9. The van der Waals surface area contributed by atoms with Crippen LogP contribution in [-0.4, -0.2) is 7.11 Å². The summed E-state index contributed by atoms with van der Waals surface area (Å²) in [6, 6.07) is 4.53. The third-order valence-electron chi connectivity index (χ3n) is 4.35. The van der Waals surface area contributed by atoms with Crippen molar-refractivity contribution in [2.24, 2.45) is 5.92 Å². The van der Waals surface area contributed by atoms with Crippen LogP contribution in [0.25, 0.3) is 0 Å². The third-order valence-corrected chi connectivity index (χ3v) is 5.34. The molecule has 1 aromatic rings. The highest BCUT2D eigenvalue weighted by Gasteiger charge is 2.18. The zero-order valence-corrected chi connectivity index (χ0v) is 13.9. The van der Waals surface area contributed by atoms with Crippen molar-refractivity contribution in [3.05, 3.63) is 28.8 Å². The first kappa shape index (κ1) is 14.9. The van der Waals surface area contributed by atoms with Crippen molar-refractivity contribution in [2.45, 2.75) is 57.2 Å². The lowest BCUT2D eigenvalue weighted by molar-refractivity contribution is 0.408. The molecule has 2 heteroatoms. The number of hydrogen-bond donors (Lipinski definition) is 0. The van der Waals surface area contributed by atoms with Crippen LogP contribution in [0, 0.1) is 19.8 Å². The minimum absolute atomic E-state index is 0.483. The van der Waals surface area contributed by atoms with Crippen LogP contribution in [-0.2, 0) is 0 Å². The smallest absolute Gasteiger partial charge is 0.124 e. The van der Waals surface area contributed by atoms with Crippen molar-refractivity contribution < 1.29 is 4.74 Å². The van der Waals surface area contributed by atoms with E-state index in [-0.39, 0.29) is 0 Å². The van der Waals surface area contributed by atoms with Gasteiger partial charge in [-0.15, -0.1) is 0 Å². The molecule has 0 spiro atoms. The Bertz CT molecular complexity index is 398. The molecule has 0 heterocycles. The van der Waals surface area contributed by atoms with Crippen molar-refractivity contribution in [1.82, 2.24) is 0 Å². The lowest BCUT2D eigenvalue weighted by Crippen LogP contribution is -1.99. The van der Waals surface area contributed by atoms with E-state index in [0.717, 1.165) is 11.7 Å². The highest BCUT2D eigenvalue weighted by Crippen LogP contribution is 2.37. The van der Waals surface area contributed by atoms with Gasteiger partial charge in [-0.3, -0.25) is 0 Å². The summed E-state index contributed by atoms with van der Waals surface area (Å²) < 4.78 is 5.44. The van der Waals surface area contributed by atoms with Gasteiger partial charge >= 0.3 is 0 Å². The van der Waals surface area contributed by atoms with Crippen LogP contribution in [0.2, 0.25) is 0 Å². The van der Waals surface area contributed by atoms with Crippen LogP contribution < -0.4 is 4.74 Å². The summed E-state index contributed by atoms with van der Waals surface area (Å²) in [5.41, 5.74) is 3.87. The fourth-order valence-electron chi connectivity index (χ4n) is 3.33. The zero-order chi connectivity index (χ0) is 13.8. The molecule has 0 saturated heterocycles. The van der Waals surface area contributed by atoms with E-state index in [0.29, 0.717) is 4.83 Å². The zero-order valence-electron chi connectivity index (χ0n) is 12.3. The summed E-state index contributed by atoms with van der Waals surface area (Å²) in [4.78, 5) is 0.483. The molecule has 19 heavy (non-hydrogen) atoms. The van der Waals surface area contributed by atoms with E-state index < -0.39 is 0 Å². The molecule has 2 rings (SSSR count). The van der Waals surface area contributed by atoms with Crippen LogP contribution in [0.4, 0.5) is 0 Å². The minimum Gasteiger partial charge on any atom is -0.496 e. The molecule has 1 aromatic carbocycles. The Hall–Kier alpha value is -0.500. The van der Waals surface area contributed by atoms with Gasteiger partial charge in [0.2, 0.25) is 0 Å². The number of halogens is 1. The Balaban J connectivity index is 2.00. The molecule has 1 atom stereocenters. The van der Waals surface area contributed by atoms with Crippen LogP contribution in [0.1, 0.15) is 60.0 Å². The number of aryl methyl sites for hydroxylation is 2. The largest absolute Gasteiger partial charge is 0.496 e. The monoisotopic (exact) mass is 324 g/mol. The number of alkyl halides is 1. The number of methoxy groups -OCH3 is 1. The van der Waals surface area contributed by atoms with Gasteiger partial charge in [-0.1, -0.05) is 53.7 Å². The molecule has 1 saturated carbocycles. The molecule has 0 bridgehead atoms. The summed E-state index contributed by atoms with van der Waals surface area (Å²) in [5, 5.41) is 0. The van der Waals surface area contributed by atoms with Crippen molar-refractivity contribution in [2.75, 3.05) is 7.11 Å². The molecule has 0 radical (unpaired) electrons. The summed E-state index contributed by atoms with van der Waals surface area (Å²) in [7, 11) is 1.75. The molecule has 0 amide bonds. The van der Waals surface area contributed by atoms with E-state index in [4.69, 9.17) is 4.74 Å². The predicted octanol–water partition coefficient (Wildman–Crippen LogP) is 5.72. The van der Waals surface area contributed by atoms with E-state index in [2.05, 4.69) is 41.9 Å². The Morgan fingerprint density at radius 1 is 1.21 bits per heavy atom. The Morgan fingerprint density at radius 3 is 2.32 bits per heavy atom. The van der Waals surface area contributed by atoms with Crippen molar-refractivity contribution >= 4 is 15.9 Å². The maximum Gasteiger partial charge on any atom is 0.124 e. The molecule has 1 aliphatic carbocycles. The molecule has 1 fully saturated rings. The molecule has 0 N–H and O–H groups in total. The number of hydrogen-bond acceptors (Lipinski definition) is 1. The second-order valence-corrected chi connectivity index (χ2v) is 6.99. The molecule has 1 nitrogen and oxygen atoms in total. The first-order chi connectivity index (χ1) is 9.11. The van der Waals surface area contributed by atoms with Crippen LogP contribution >= 0.6 is 15.9 Å².